The number of aliphatic hydroxyl groups is 15. The van der Waals surface area contributed by atoms with Gasteiger partial charge in [-0.05, 0) is 6.92 Å². The van der Waals surface area contributed by atoms with Crippen molar-refractivity contribution in [2.24, 2.45) is 0 Å². The number of ether oxygens (including phenoxy) is 16. The second-order valence-corrected chi connectivity index (χ2v) is 28.3. The van der Waals surface area contributed by atoms with E-state index in [1.165, 1.54) is 0 Å². The fourth-order valence-electron chi connectivity index (χ4n) is 11.6. The van der Waals surface area contributed by atoms with Crippen molar-refractivity contribution in [3.05, 3.63) is 0 Å². The highest BCUT2D eigenvalue weighted by Gasteiger charge is 2.59. The van der Waals surface area contributed by atoms with Gasteiger partial charge in [-0.3, -0.25) is 0 Å². The average molecular weight is 2030 g/mol. The lowest BCUT2D eigenvalue weighted by molar-refractivity contribution is -0.393. The Morgan fingerprint density at radius 2 is 0.407 bits per heavy atom. The number of alkyl halides is 7. The van der Waals surface area contributed by atoms with Gasteiger partial charge in [-0.25, -0.2) is 0 Å². The van der Waals surface area contributed by atoms with Crippen LogP contribution in [0.2, 0.25) is 0 Å². The summed E-state index contributed by atoms with van der Waals surface area (Å²) in [6.07, 6.45) is -60.3. The predicted octanol–water partition coefficient (Wildman–Crippen LogP) is -5.25. The Kier molecular flexibility index (Phi) is 28.2. The van der Waals surface area contributed by atoms with Crippen LogP contribution in [0.3, 0.4) is 0 Å². The first-order valence-corrected chi connectivity index (χ1v) is 38.2. The normalized spacial score (nSPS) is 55.5. The van der Waals surface area contributed by atoms with E-state index in [9.17, 15) is 76.6 Å². The largest absolute Gasteiger partial charge is 0.388 e. The number of aliphatic hydroxyl groups excluding tert-OH is 15. The van der Waals surface area contributed by atoms with Crippen molar-refractivity contribution >= 4 is 158 Å². The minimum Gasteiger partial charge on any atom is -0.388 e. The van der Waals surface area contributed by atoms with Gasteiger partial charge in [0.25, 0.3) is 0 Å². The van der Waals surface area contributed by atoms with E-state index in [0.29, 0.717) is 0 Å². The van der Waals surface area contributed by atoms with Crippen molar-refractivity contribution in [1.82, 2.24) is 0 Å². The molecule has 0 aromatic heterocycles. The summed E-state index contributed by atoms with van der Waals surface area (Å²) in [6.45, 7) is 1.58. The summed E-state index contributed by atoms with van der Waals surface area (Å²) < 4.78 is 98.4. The van der Waals surface area contributed by atoms with Crippen LogP contribution in [0.5, 0.6) is 0 Å². The third kappa shape index (κ3) is 15.6. The van der Waals surface area contributed by atoms with Crippen molar-refractivity contribution in [1.29, 1.82) is 0 Å². The SMILES string of the molecule is C[C@H]1O[C@@H]2O[C@H]3[C@H](O)[C@@H](O)[C@@H](O[C@H]4[C@H](O)[C@@H](O)[C@@H](O[C@H]5[C@H](O)[C@@H](O)[C@@H](O[C@H]6[C@H](O)[C@@H](O)[C@@H](O[C@H]7[C@H](O)[C@@H](O)[C@@H](O[C@H]8[C@H](O)[C@@H](O)[C@@H](O[C@H]9[C@H](O)[C@@H](O)[C@@H](O[C@H]1C[C@H]2O)O[C@@H]9CI)O[C@@H]8CI)O[C@@H]7CI)O[C@@H]6CI)O[C@@H]5CI)O[C@@H]4CI)O[C@@H]3CI. The van der Waals surface area contributed by atoms with Crippen LogP contribution < -0.4 is 0 Å². The molecule has 86 heavy (non-hydrogen) atoms. The molecule has 16 bridgehead atoms. The molecule has 0 amide bonds. The van der Waals surface area contributed by atoms with E-state index in [1.807, 2.05) is 158 Å². The summed E-state index contributed by atoms with van der Waals surface area (Å²) >= 11 is 13.6. The van der Waals surface area contributed by atoms with Gasteiger partial charge in [0.1, 0.15) is 134 Å². The minimum atomic E-state index is -1.92. The van der Waals surface area contributed by atoms with Gasteiger partial charge in [-0.1, -0.05) is 158 Å². The van der Waals surface area contributed by atoms with E-state index in [2.05, 4.69) is 0 Å². The van der Waals surface area contributed by atoms with Gasteiger partial charge in [0.15, 0.2) is 50.3 Å². The number of hydrogen-bond donors (Lipinski definition) is 15. The van der Waals surface area contributed by atoms with Gasteiger partial charge in [0.05, 0.1) is 54.9 Å². The zero-order valence-electron chi connectivity index (χ0n) is 45.1. The predicted molar refractivity (Wildman–Crippen MR) is 341 cm³/mol. The third-order valence-electron chi connectivity index (χ3n) is 16.6. The van der Waals surface area contributed by atoms with Crippen molar-refractivity contribution < 1.29 is 152 Å². The molecule has 500 valence electrons. The van der Waals surface area contributed by atoms with Crippen LogP contribution in [-0.4, -0.2) is 347 Å². The minimum absolute atomic E-state index is 0.0619. The van der Waals surface area contributed by atoms with E-state index >= 15 is 0 Å². The summed E-state index contributed by atoms with van der Waals surface area (Å²) in [5.74, 6) is 0. The second-order valence-electron chi connectivity index (χ2n) is 22.1. The van der Waals surface area contributed by atoms with E-state index in [-0.39, 0.29) is 37.4 Å². The van der Waals surface area contributed by atoms with Crippen LogP contribution in [0, 0.1) is 0 Å². The lowest BCUT2D eigenvalue weighted by Crippen LogP contribution is -2.68. The van der Waals surface area contributed by atoms with Crippen molar-refractivity contribution in [3.63, 3.8) is 0 Å². The average Bonchev–Trinajstić information content (AvgIpc) is 1.52. The Morgan fingerprint density at radius 1 is 0.233 bits per heavy atom. The fraction of sp³-hybridized carbons (Fsp3) is 1.00. The standard InChI is InChI=1S/C48H73I7O31/c1-10-12-2-11(56)41(71-10)80-34-13(3-49)74-43(28(65)21(34)58)82-36-15(5-51)76-45(30(67)23(36)60)84-38-17(7-53)78-47(32(69)25(38)62)86-40-19(9-55)79-48(33(70)26(40)63)85-39-18(8-54)77-46(31(68)24(39)61)83-37-16(6-52)75-44(29(66)22(37)59)81-35-14(4-50)73-42(72-12)27(64)20(35)57/h10-48,56-70H,2-9H2,1H3/t10-,11-,12+,13-,14-,15-,16-,17-,18-,19-,20-,21-,22-,23-,24-,25-,26-,27-,28-,29-,30-,31-,32-,33-,34-,35-,36-,37-,38-,39-,40-,41-,42+,43-,44-,45-,46-,47-,48-/m1/s1. The molecule has 0 radical (unpaired) electrons. The van der Waals surface area contributed by atoms with Crippen molar-refractivity contribution in [3.8, 4) is 0 Å². The first-order chi connectivity index (χ1) is 40.9. The molecule has 30 fully saturated rings. The Balaban J connectivity index is 0.961. The summed E-state index contributed by atoms with van der Waals surface area (Å²) in [6, 6.07) is 0. The molecule has 0 aromatic rings. The van der Waals surface area contributed by atoms with Crippen molar-refractivity contribution in [2.75, 3.05) is 31.0 Å². The van der Waals surface area contributed by atoms with E-state index in [4.69, 9.17) is 75.8 Å². The molecule has 30 heterocycles. The lowest BCUT2D eigenvalue weighted by atomic mass is 9.95. The molecule has 39 atom stereocenters. The quantitative estimate of drug-likeness (QED) is 0.0836. The molecule has 30 aliphatic heterocycles. The monoisotopic (exact) mass is 2030 g/mol. The summed E-state index contributed by atoms with van der Waals surface area (Å²) in [5, 5.41) is 174. The van der Waals surface area contributed by atoms with E-state index in [1.54, 1.807) is 6.92 Å². The number of rotatable bonds is 7. The topological polar surface area (TPSA) is 451 Å². The molecule has 30 saturated heterocycles. The van der Waals surface area contributed by atoms with Crippen LogP contribution in [-0.2, 0) is 75.8 Å². The zero-order chi connectivity index (χ0) is 62.5. The zero-order valence-corrected chi connectivity index (χ0v) is 60.2. The van der Waals surface area contributed by atoms with Gasteiger partial charge < -0.3 is 152 Å². The van der Waals surface area contributed by atoms with Crippen LogP contribution in [0.15, 0.2) is 0 Å². The number of hydrogen-bond acceptors (Lipinski definition) is 31. The fourth-order valence-corrected chi connectivity index (χ4v) is 16.6. The molecule has 31 nitrogen and oxygen atoms in total. The molecule has 38 heteroatoms. The highest BCUT2D eigenvalue weighted by atomic mass is 127. The first-order valence-electron chi connectivity index (χ1n) is 27.5. The Hall–Kier alpha value is 3.87. The van der Waals surface area contributed by atoms with Gasteiger partial charge in [-0.2, -0.15) is 0 Å². The third-order valence-corrected chi connectivity index (χ3v) is 22.6. The van der Waals surface area contributed by atoms with Gasteiger partial charge in [-0.15, -0.1) is 0 Å². The summed E-state index contributed by atoms with van der Waals surface area (Å²) in [7, 11) is 0. The molecule has 0 aromatic carbocycles. The Bertz CT molecular complexity index is 2100. The maximum absolute atomic E-state index is 11.7. The van der Waals surface area contributed by atoms with Crippen LogP contribution in [0.25, 0.3) is 0 Å². The highest BCUT2D eigenvalue weighted by Crippen LogP contribution is 2.41. The Labute approximate surface area is 587 Å². The molecule has 30 rings (SSSR count). The van der Waals surface area contributed by atoms with Gasteiger partial charge in [0.2, 0.25) is 0 Å². The number of halogens is 7. The van der Waals surface area contributed by atoms with Gasteiger partial charge >= 0.3 is 0 Å². The summed E-state index contributed by atoms with van der Waals surface area (Å²) in [4.78, 5) is 0. The molecule has 0 aliphatic carbocycles. The second kappa shape index (κ2) is 32.7. The first kappa shape index (κ1) is 74.1. The molecule has 0 spiro atoms. The maximum Gasteiger partial charge on any atom is 0.187 e. The van der Waals surface area contributed by atoms with E-state index in [0.717, 1.165) is 0 Å². The molecule has 0 unspecified atom stereocenters. The molecular formula is C48H73I7O31. The maximum atomic E-state index is 11.7. The van der Waals surface area contributed by atoms with Crippen LogP contribution in [0.1, 0.15) is 13.3 Å². The Morgan fingerprint density at radius 3 is 0.593 bits per heavy atom. The van der Waals surface area contributed by atoms with E-state index < -0.39 is 240 Å². The smallest absolute Gasteiger partial charge is 0.187 e. The molecular weight excluding hydrogens is 1960 g/mol. The molecule has 15 N–H and O–H groups in total. The lowest BCUT2D eigenvalue weighted by Gasteiger charge is -2.50. The van der Waals surface area contributed by atoms with Crippen molar-refractivity contribution in [2.45, 2.75) is 253 Å². The van der Waals surface area contributed by atoms with Crippen LogP contribution >= 0.6 is 158 Å². The molecule has 0 saturated carbocycles. The van der Waals surface area contributed by atoms with Crippen LogP contribution in [0.4, 0.5) is 0 Å². The highest BCUT2D eigenvalue weighted by molar-refractivity contribution is 14.1. The summed E-state index contributed by atoms with van der Waals surface area (Å²) in [5.41, 5.74) is 0. The van der Waals surface area contributed by atoms with Gasteiger partial charge in [0, 0.05) is 37.4 Å². The molecule has 30 aliphatic rings.